The molecule has 0 radical (unpaired) electrons. The summed E-state index contributed by atoms with van der Waals surface area (Å²) in [5.41, 5.74) is 2.44. The van der Waals surface area contributed by atoms with E-state index < -0.39 is 5.82 Å². The van der Waals surface area contributed by atoms with Gasteiger partial charge in [0.25, 0.3) is 5.91 Å². The molecule has 0 aliphatic heterocycles. The van der Waals surface area contributed by atoms with Crippen LogP contribution in [0, 0.1) is 26.6 Å². The molecule has 5 nitrogen and oxygen atoms in total. The first-order chi connectivity index (χ1) is 9.47. The van der Waals surface area contributed by atoms with Gasteiger partial charge in [-0.25, -0.2) is 9.37 Å². The molecule has 1 amide bonds. The molecule has 0 aliphatic carbocycles. The van der Waals surface area contributed by atoms with Crippen molar-refractivity contribution in [2.75, 3.05) is 6.54 Å². The van der Waals surface area contributed by atoms with Gasteiger partial charge in [0, 0.05) is 12.2 Å². The minimum atomic E-state index is -0.413. The van der Waals surface area contributed by atoms with E-state index in [-0.39, 0.29) is 17.3 Å². The molecule has 0 bridgehead atoms. The fraction of sp³-hybridized carbons (Fsp3) is 0.357. The zero-order valence-electron chi connectivity index (χ0n) is 11.8. The molecule has 0 aliphatic rings. The molecule has 0 saturated heterocycles. The number of halogens is 1. The number of aryl methyl sites for hydroxylation is 3. The average molecular weight is 276 g/mol. The molecule has 2 rings (SSSR count). The summed E-state index contributed by atoms with van der Waals surface area (Å²) < 4.78 is 14.9. The predicted octanol–water partition coefficient (Wildman–Crippen LogP) is 1.77. The van der Waals surface area contributed by atoms with Gasteiger partial charge in [0.2, 0.25) is 0 Å². The lowest BCUT2D eigenvalue weighted by molar-refractivity contribution is 0.0946. The Kier molecular flexibility index (Phi) is 4.12. The third-order valence-electron chi connectivity index (χ3n) is 2.97. The Balaban J connectivity index is 1.92. The van der Waals surface area contributed by atoms with Crippen molar-refractivity contribution in [3.05, 3.63) is 46.8 Å². The summed E-state index contributed by atoms with van der Waals surface area (Å²) in [4.78, 5) is 15.8. The van der Waals surface area contributed by atoms with Crippen LogP contribution in [0.15, 0.2) is 18.2 Å². The number of aromatic nitrogens is 3. The van der Waals surface area contributed by atoms with Crippen LogP contribution in [0.25, 0.3) is 0 Å². The highest BCUT2D eigenvalue weighted by Crippen LogP contribution is 2.04. The summed E-state index contributed by atoms with van der Waals surface area (Å²) in [6.45, 7) is 6.45. The van der Waals surface area contributed by atoms with Gasteiger partial charge in [-0.05, 0) is 39.0 Å². The third kappa shape index (κ3) is 3.20. The van der Waals surface area contributed by atoms with Gasteiger partial charge < -0.3 is 5.32 Å². The molecule has 2 aromatic rings. The first-order valence-corrected chi connectivity index (χ1v) is 6.40. The number of hydrogen-bond donors (Lipinski definition) is 1. The molecule has 106 valence electrons. The Bertz CT molecular complexity index is 636. The standard InChI is InChI=1S/C14H17FN4O/c1-9-8-10(2)19(18-9)7-6-16-14(20)13-5-4-12(15)11(3)17-13/h4-5,8H,6-7H2,1-3H3,(H,16,20). The zero-order chi connectivity index (χ0) is 14.7. The Morgan fingerprint density at radius 3 is 2.70 bits per heavy atom. The summed E-state index contributed by atoms with van der Waals surface area (Å²) in [6.07, 6.45) is 0. The van der Waals surface area contributed by atoms with E-state index in [1.54, 1.807) is 0 Å². The van der Waals surface area contributed by atoms with Crippen LogP contribution in [0.2, 0.25) is 0 Å². The lowest BCUT2D eigenvalue weighted by atomic mass is 10.3. The maximum Gasteiger partial charge on any atom is 0.269 e. The summed E-state index contributed by atoms with van der Waals surface area (Å²) in [6, 6.07) is 4.60. The van der Waals surface area contributed by atoms with Gasteiger partial charge in [0.1, 0.15) is 11.5 Å². The number of pyridine rings is 1. The molecule has 0 spiro atoms. The Hall–Kier alpha value is -2.24. The average Bonchev–Trinajstić information content (AvgIpc) is 2.71. The number of amides is 1. The van der Waals surface area contributed by atoms with Gasteiger partial charge in [-0.1, -0.05) is 0 Å². The second-order valence-corrected chi connectivity index (χ2v) is 4.67. The minimum Gasteiger partial charge on any atom is -0.349 e. The van der Waals surface area contributed by atoms with E-state index in [1.165, 1.54) is 19.1 Å². The van der Waals surface area contributed by atoms with E-state index in [4.69, 9.17) is 0 Å². The maximum absolute atomic E-state index is 13.1. The highest BCUT2D eigenvalue weighted by Gasteiger charge is 2.09. The summed E-state index contributed by atoms with van der Waals surface area (Å²) in [7, 11) is 0. The highest BCUT2D eigenvalue weighted by atomic mass is 19.1. The Morgan fingerprint density at radius 1 is 1.35 bits per heavy atom. The van der Waals surface area contributed by atoms with Crippen molar-refractivity contribution in [1.29, 1.82) is 0 Å². The van der Waals surface area contributed by atoms with Gasteiger partial charge in [0.15, 0.2) is 0 Å². The fourth-order valence-corrected chi connectivity index (χ4v) is 1.94. The van der Waals surface area contributed by atoms with Gasteiger partial charge in [-0.3, -0.25) is 9.48 Å². The van der Waals surface area contributed by atoms with Crippen LogP contribution >= 0.6 is 0 Å². The largest absolute Gasteiger partial charge is 0.349 e. The molecule has 6 heteroatoms. The zero-order valence-corrected chi connectivity index (χ0v) is 11.8. The summed E-state index contributed by atoms with van der Waals surface area (Å²) >= 11 is 0. The molecule has 0 aromatic carbocycles. The SMILES string of the molecule is Cc1cc(C)n(CCNC(=O)c2ccc(F)c(C)n2)n1. The van der Waals surface area contributed by atoms with Crippen LogP contribution in [0.3, 0.4) is 0 Å². The normalized spacial score (nSPS) is 10.6. The number of rotatable bonds is 4. The van der Waals surface area contributed by atoms with Gasteiger partial charge in [-0.15, -0.1) is 0 Å². The van der Waals surface area contributed by atoms with Crippen LogP contribution in [0.1, 0.15) is 27.6 Å². The van der Waals surface area contributed by atoms with Gasteiger partial charge >= 0.3 is 0 Å². The van der Waals surface area contributed by atoms with Crippen molar-refractivity contribution >= 4 is 5.91 Å². The van der Waals surface area contributed by atoms with Crippen LogP contribution in [-0.4, -0.2) is 27.2 Å². The van der Waals surface area contributed by atoms with Crippen LogP contribution in [0.4, 0.5) is 4.39 Å². The van der Waals surface area contributed by atoms with Gasteiger partial charge in [-0.2, -0.15) is 5.10 Å². The van der Waals surface area contributed by atoms with E-state index in [9.17, 15) is 9.18 Å². The van der Waals surface area contributed by atoms with E-state index in [2.05, 4.69) is 15.4 Å². The minimum absolute atomic E-state index is 0.219. The number of nitrogens with one attached hydrogen (secondary N) is 1. The fourth-order valence-electron chi connectivity index (χ4n) is 1.94. The number of nitrogens with zero attached hydrogens (tertiary/aromatic N) is 3. The lowest BCUT2D eigenvalue weighted by Crippen LogP contribution is -2.28. The van der Waals surface area contributed by atoms with Crippen LogP contribution in [0.5, 0.6) is 0 Å². The molecular weight excluding hydrogens is 259 g/mol. The Labute approximate surface area is 116 Å². The summed E-state index contributed by atoms with van der Waals surface area (Å²) in [5, 5.41) is 7.05. The number of carbonyl (C=O) groups excluding carboxylic acids is 1. The van der Waals surface area contributed by atoms with E-state index in [0.29, 0.717) is 13.1 Å². The maximum atomic E-state index is 13.1. The second-order valence-electron chi connectivity index (χ2n) is 4.67. The number of hydrogen-bond acceptors (Lipinski definition) is 3. The predicted molar refractivity (Wildman–Crippen MR) is 73.0 cm³/mol. The quantitative estimate of drug-likeness (QED) is 0.926. The van der Waals surface area contributed by atoms with E-state index in [0.717, 1.165) is 11.4 Å². The molecule has 1 N–H and O–H groups in total. The molecule has 0 saturated carbocycles. The molecule has 2 heterocycles. The van der Waals surface area contributed by atoms with Crippen molar-refractivity contribution in [2.45, 2.75) is 27.3 Å². The van der Waals surface area contributed by atoms with Gasteiger partial charge in [0.05, 0.1) is 17.9 Å². The first kappa shape index (κ1) is 14.2. The second kappa shape index (κ2) is 5.81. The van der Waals surface area contributed by atoms with Crippen molar-refractivity contribution in [2.24, 2.45) is 0 Å². The van der Waals surface area contributed by atoms with E-state index in [1.807, 2.05) is 24.6 Å². The van der Waals surface area contributed by atoms with Crippen molar-refractivity contribution in [3.8, 4) is 0 Å². The van der Waals surface area contributed by atoms with Crippen molar-refractivity contribution in [3.63, 3.8) is 0 Å². The molecule has 0 fully saturated rings. The lowest BCUT2D eigenvalue weighted by Gasteiger charge is -2.07. The Morgan fingerprint density at radius 2 is 2.10 bits per heavy atom. The molecule has 0 atom stereocenters. The monoisotopic (exact) mass is 276 g/mol. The third-order valence-corrected chi connectivity index (χ3v) is 2.97. The van der Waals surface area contributed by atoms with Crippen molar-refractivity contribution in [1.82, 2.24) is 20.1 Å². The molecule has 20 heavy (non-hydrogen) atoms. The van der Waals surface area contributed by atoms with E-state index >= 15 is 0 Å². The number of carbonyl (C=O) groups is 1. The van der Waals surface area contributed by atoms with Crippen LogP contribution in [-0.2, 0) is 6.54 Å². The molecule has 2 aromatic heterocycles. The smallest absolute Gasteiger partial charge is 0.269 e. The topological polar surface area (TPSA) is 59.8 Å². The molecule has 0 unspecified atom stereocenters. The first-order valence-electron chi connectivity index (χ1n) is 6.40. The van der Waals surface area contributed by atoms with Crippen molar-refractivity contribution < 1.29 is 9.18 Å². The van der Waals surface area contributed by atoms with Crippen LogP contribution < -0.4 is 5.32 Å². The molecular formula is C14H17FN4O. The summed E-state index contributed by atoms with van der Waals surface area (Å²) in [5.74, 6) is -0.723. The highest BCUT2D eigenvalue weighted by molar-refractivity contribution is 5.92.